The second kappa shape index (κ2) is 9.75. The molecule has 1 nitrogen and oxygen atoms in total. The molecule has 0 aliphatic carbocycles. The van der Waals surface area contributed by atoms with E-state index in [9.17, 15) is 13.2 Å². The molecular weight excluding hydrogens is 229 g/mol. The Hall–Kier alpha value is -0.250. The lowest BCUT2D eigenvalue weighted by atomic mass is 10.1. The summed E-state index contributed by atoms with van der Waals surface area (Å²) in [6.07, 6.45) is 2.71. The van der Waals surface area contributed by atoms with E-state index in [4.69, 9.17) is 4.74 Å². The number of unbranched alkanes of at least 4 members (excludes halogenated alkanes) is 4. The molecule has 1 atom stereocenters. The van der Waals surface area contributed by atoms with Gasteiger partial charge in [0.2, 0.25) is 0 Å². The van der Waals surface area contributed by atoms with Gasteiger partial charge in [0.05, 0.1) is 12.5 Å². The highest BCUT2D eigenvalue weighted by Crippen LogP contribution is 2.21. The fourth-order valence-corrected chi connectivity index (χ4v) is 1.58. The molecule has 1 unspecified atom stereocenters. The Balaban J connectivity index is 3.24. The van der Waals surface area contributed by atoms with Crippen LogP contribution in [0.1, 0.15) is 58.8 Å². The van der Waals surface area contributed by atoms with Gasteiger partial charge in [-0.1, -0.05) is 32.6 Å². The molecular formula is C13H24F3O. The summed E-state index contributed by atoms with van der Waals surface area (Å²) in [5.74, 6) is 0. The smallest absolute Gasteiger partial charge is 0.379 e. The van der Waals surface area contributed by atoms with E-state index in [2.05, 4.69) is 6.92 Å². The van der Waals surface area contributed by atoms with E-state index in [1.807, 2.05) is 6.92 Å². The van der Waals surface area contributed by atoms with Gasteiger partial charge in [0.25, 0.3) is 0 Å². The van der Waals surface area contributed by atoms with Crippen LogP contribution < -0.4 is 0 Å². The van der Waals surface area contributed by atoms with Gasteiger partial charge >= 0.3 is 6.18 Å². The molecule has 0 heterocycles. The van der Waals surface area contributed by atoms with Crippen molar-refractivity contribution in [3.8, 4) is 0 Å². The number of halogens is 3. The predicted molar refractivity (Wildman–Crippen MR) is 63.8 cm³/mol. The Bertz CT molecular complexity index is 169. The van der Waals surface area contributed by atoms with Crippen molar-refractivity contribution in [3.05, 3.63) is 6.42 Å². The van der Waals surface area contributed by atoms with Gasteiger partial charge in [-0.05, 0) is 26.2 Å². The van der Waals surface area contributed by atoms with Crippen LogP contribution in [0.2, 0.25) is 0 Å². The van der Waals surface area contributed by atoms with Gasteiger partial charge in [-0.15, -0.1) is 0 Å². The number of alkyl halides is 3. The average molecular weight is 253 g/mol. The molecule has 0 fully saturated rings. The maximum absolute atomic E-state index is 11.8. The van der Waals surface area contributed by atoms with E-state index in [0.717, 1.165) is 12.8 Å². The molecule has 0 spiro atoms. The summed E-state index contributed by atoms with van der Waals surface area (Å²) in [5.41, 5.74) is 0. The zero-order valence-electron chi connectivity index (χ0n) is 10.9. The van der Waals surface area contributed by atoms with Crippen molar-refractivity contribution < 1.29 is 17.9 Å². The fourth-order valence-electron chi connectivity index (χ4n) is 1.58. The van der Waals surface area contributed by atoms with Crippen molar-refractivity contribution in [1.29, 1.82) is 0 Å². The summed E-state index contributed by atoms with van der Waals surface area (Å²) in [5, 5.41) is 0. The summed E-state index contributed by atoms with van der Waals surface area (Å²) >= 11 is 0. The van der Waals surface area contributed by atoms with Gasteiger partial charge in [-0.2, -0.15) is 13.2 Å². The maximum atomic E-state index is 11.8. The third-order valence-corrected chi connectivity index (χ3v) is 2.59. The van der Waals surface area contributed by atoms with E-state index < -0.39 is 6.18 Å². The first kappa shape index (κ1) is 16.8. The molecule has 4 heteroatoms. The zero-order chi connectivity index (χ0) is 13.1. The van der Waals surface area contributed by atoms with Gasteiger partial charge in [-0.25, -0.2) is 0 Å². The zero-order valence-corrected chi connectivity index (χ0v) is 10.9. The molecule has 0 aliphatic rings. The second-order valence-corrected chi connectivity index (χ2v) is 4.42. The quantitative estimate of drug-likeness (QED) is 0.503. The molecule has 0 aliphatic heterocycles. The van der Waals surface area contributed by atoms with Crippen LogP contribution in [-0.2, 0) is 4.74 Å². The number of hydrogen-bond acceptors (Lipinski definition) is 1. The van der Waals surface area contributed by atoms with Crippen LogP contribution >= 0.6 is 0 Å². The van der Waals surface area contributed by atoms with Crippen LogP contribution in [0.5, 0.6) is 0 Å². The van der Waals surface area contributed by atoms with Crippen LogP contribution in [0.3, 0.4) is 0 Å². The minimum Gasteiger partial charge on any atom is -0.379 e. The first-order valence-corrected chi connectivity index (χ1v) is 6.48. The maximum Gasteiger partial charge on any atom is 0.392 e. The molecule has 0 N–H and O–H groups in total. The molecule has 103 valence electrons. The van der Waals surface area contributed by atoms with Gasteiger partial charge < -0.3 is 4.74 Å². The Labute approximate surface area is 103 Å². The van der Waals surface area contributed by atoms with Crippen LogP contribution in [-0.4, -0.2) is 18.9 Å². The second-order valence-electron chi connectivity index (χ2n) is 4.42. The van der Waals surface area contributed by atoms with Crippen LogP contribution in [0, 0.1) is 6.42 Å². The lowest BCUT2D eigenvalue weighted by Crippen LogP contribution is -2.11. The highest BCUT2D eigenvalue weighted by molar-refractivity contribution is 4.73. The summed E-state index contributed by atoms with van der Waals surface area (Å²) < 4.78 is 40.8. The standard InChI is InChI=1S/C13H24F3O/c1-3-4-5-6-9-12(2)17-11-8-7-10-13(14,15)16/h10,12H,3-9,11H2,1-2H3. The van der Waals surface area contributed by atoms with E-state index in [-0.39, 0.29) is 12.5 Å². The highest BCUT2D eigenvalue weighted by Gasteiger charge is 2.26. The summed E-state index contributed by atoms with van der Waals surface area (Å²) in [6, 6.07) is 0. The molecule has 0 aromatic heterocycles. The van der Waals surface area contributed by atoms with Crippen molar-refractivity contribution >= 4 is 0 Å². The first-order chi connectivity index (χ1) is 7.95. The van der Waals surface area contributed by atoms with E-state index in [1.165, 1.54) is 19.3 Å². The van der Waals surface area contributed by atoms with E-state index >= 15 is 0 Å². The molecule has 0 rings (SSSR count). The number of ether oxygens (including phenoxy) is 1. The topological polar surface area (TPSA) is 9.23 Å². The average Bonchev–Trinajstić information content (AvgIpc) is 2.22. The van der Waals surface area contributed by atoms with Gasteiger partial charge in [0.1, 0.15) is 0 Å². The lowest BCUT2D eigenvalue weighted by molar-refractivity contribution is -0.0989. The van der Waals surface area contributed by atoms with Crippen molar-refractivity contribution in [3.63, 3.8) is 0 Å². The summed E-state index contributed by atoms with van der Waals surface area (Å²) in [4.78, 5) is 0. The summed E-state index contributed by atoms with van der Waals surface area (Å²) in [7, 11) is 0. The normalized spacial score (nSPS) is 13.9. The van der Waals surface area contributed by atoms with E-state index in [0.29, 0.717) is 19.4 Å². The van der Waals surface area contributed by atoms with Crippen molar-refractivity contribution in [2.45, 2.75) is 71.1 Å². The molecule has 17 heavy (non-hydrogen) atoms. The first-order valence-electron chi connectivity index (χ1n) is 6.48. The van der Waals surface area contributed by atoms with Crippen molar-refractivity contribution in [2.24, 2.45) is 0 Å². The van der Waals surface area contributed by atoms with Crippen LogP contribution in [0.25, 0.3) is 0 Å². The summed E-state index contributed by atoms with van der Waals surface area (Å²) in [6.45, 7) is 4.57. The number of rotatable bonds is 10. The Morgan fingerprint density at radius 2 is 1.82 bits per heavy atom. The third-order valence-electron chi connectivity index (χ3n) is 2.59. The largest absolute Gasteiger partial charge is 0.392 e. The number of hydrogen-bond donors (Lipinski definition) is 0. The van der Waals surface area contributed by atoms with Gasteiger partial charge in [-0.3, -0.25) is 0 Å². The van der Waals surface area contributed by atoms with Gasteiger partial charge in [0.15, 0.2) is 0 Å². The molecule has 0 aromatic rings. The SMILES string of the molecule is CCCCCCC(C)OCCC[CH]C(F)(F)F. The molecule has 0 amide bonds. The molecule has 1 radical (unpaired) electrons. The minimum absolute atomic E-state index is 0.0477. The molecule has 0 bridgehead atoms. The predicted octanol–water partition coefficient (Wildman–Crippen LogP) is 4.91. The Kier molecular flexibility index (Phi) is 9.60. The Morgan fingerprint density at radius 3 is 2.41 bits per heavy atom. The van der Waals surface area contributed by atoms with Crippen LogP contribution in [0.15, 0.2) is 0 Å². The molecule has 0 saturated heterocycles. The van der Waals surface area contributed by atoms with Gasteiger partial charge in [0, 0.05) is 6.61 Å². The Morgan fingerprint density at radius 1 is 1.12 bits per heavy atom. The third kappa shape index (κ3) is 13.7. The highest BCUT2D eigenvalue weighted by atomic mass is 19.4. The van der Waals surface area contributed by atoms with Crippen molar-refractivity contribution in [1.82, 2.24) is 0 Å². The van der Waals surface area contributed by atoms with Crippen molar-refractivity contribution in [2.75, 3.05) is 6.61 Å². The monoisotopic (exact) mass is 253 g/mol. The lowest BCUT2D eigenvalue weighted by Gasteiger charge is -2.13. The fraction of sp³-hybridized carbons (Fsp3) is 0.923. The minimum atomic E-state index is -4.15. The molecule has 0 aromatic carbocycles. The van der Waals surface area contributed by atoms with E-state index in [1.54, 1.807) is 0 Å². The van der Waals surface area contributed by atoms with Crippen LogP contribution in [0.4, 0.5) is 13.2 Å². The molecule has 0 saturated carbocycles.